The molecule has 2 rings (SSSR count). The van der Waals surface area contributed by atoms with Gasteiger partial charge in [-0.05, 0) is 44.5 Å². The summed E-state index contributed by atoms with van der Waals surface area (Å²) in [5, 5.41) is 0. The molecule has 0 aromatic heterocycles. The van der Waals surface area contributed by atoms with Crippen molar-refractivity contribution >= 4 is 5.78 Å². The standard InChI is InChI=1S/C16H23NO2/c1-2-15(18)14-8-3-4-9-16(14)19-13-7-12-17-10-5-6-11-17/h3-4,8-9H,2,5-7,10-13H2,1H3. The first kappa shape index (κ1) is 14.1. The van der Waals surface area contributed by atoms with E-state index in [0.717, 1.165) is 18.7 Å². The Morgan fingerprint density at radius 2 is 2.00 bits per heavy atom. The van der Waals surface area contributed by atoms with E-state index in [1.54, 1.807) is 0 Å². The molecule has 3 nitrogen and oxygen atoms in total. The molecule has 1 aliphatic heterocycles. The minimum absolute atomic E-state index is 0.148. The van der Waals surface area contributed by atoms with Crippen molar-refractivity contribution in [3.05, 3.63) is 29.8 Å². The Morgan fingerprint density at radius 3 is 2.74 bits per heavy atom. The molecular weight excluding hydrogens is 238 g/mol. The van der Waals surface area contributed by atoms with Gasteiger partial charge in [-0.15, -0.1) is 0 Å². The fourth-order valence-corrected chi connectivity index (χ4v) is 2.49. The zero-order valence-corrected chi connectivity index (χ0v) is 11.7. The molecule has 1 aromatic carbocycles. The molecule has 104 valence electrons. The number of nitrogens with zero attached hydrogens (tertiary/aromatic N) is 1. The summed E-state index contributed by atoms with van der Waals surface area (Å²) in [6, 6.07) is 7.54. The number of ether oxygens (including phenoxy) is 1. The zero-order valence-electron chi connectivity index (χ0n) is 11.7. The minimum atomic E-state index is 0.148. The summed E-state index contributed by atoms with van der Waals surface area (Å²) in [5.41, 5.74) is 0.714. The molecule has 0 saturated carbocycles. The van der Waals surface area contributed by atoms with Gasteiger partial charge in [-0.2, -0.15) is 0 Å². The highest BCUT2D eigenvalue weighted by Gasteiger charge is 2.12. The van der Waals surface area contributed by atoms with Gasteiger partial charge in [-0.1, -0.05) is 19.1 Å². The van der Waals surface area contributed by atoms with Gasteiger partial charge in [0.25, 0.3) is 0 Å². The Labute approximate surface area is 115 Å². The molecule has 0 bridgehead atoms. The van der Waals surface area contributed by atoms with Crippen LogP contribution in [0.1, 0.15) is 43.0 Å². The third-order valence-corrected chi connectivity index (χ3v) is 3.58. The van der Waals surface area contributed by atoms with Crippen molar-refractivity contribution in [2.45, 2.75) is 32.6 Å². The number of Topliss-reactive ketones (excluding diaryl/α,β-unsaturated/α-hetero) is 1. The zero-order chi connectivity index (χ0) is 13.5. The molecule has 0 radical (unpaired) electrons. The van der Waals surface area contributed by atoms with Crippen molar-refractivity contribution in [2.75, 3.05) is 26.2 Å². The van der Waals surface area contributed by atoms with E-state index in [1.807, 2.05) is 31.2 Å². The van der Waals surface area contributed by atoms with Crippen molar-refractivity contribution in [1.29, 1.82) is 0 Å². The van der Waals surface area contributed by atoms with Crippen LogP contribution in [-0.4, -0.2) is 36.9 Å². The van der Waals surface area contributed by atoms with Gasteiger partial charge in [0.05, 0.1) is 12.2 Å². The van der Waals surface area contributed by atoms with E-state index in [1.165, 1.54) is 25.9 Å². The maximum Gasteiger partial charge on any atom is 0.166 e. The van der Waals surface area contributed by atoms with Crippen molar-refractivity contribution in [2.24, 2.45) is 0 Å². The minimum Gasteiger partial charge on any atom is -0.493 e. The number of carbonyl (C=O) groups excluding carboxylic acids is 1. The van der Waals surface area contributed by atoms with Crippen molar-refractivity contribution in [3.8, 4) is 5.75 Å². The Balaban J connectivity index is 1.80. The number of carbonyl (C=O) groups is 1. The van der Waals surface area contributed by atoms with Crippen LogP contribution in [0.2, 0.25) is 0 Å². The number of rotatable bonds is 7. The number of ketones is 1. The molecule has 1 saturated heterocycles. The van der Waals surface area contributed by atoms with Crippen LogP contribution in [0, 0.1) is 0 Å². The van der Waals surface area contributed by atoms with Crippen molar-refractivity contribution in [3.63, 3.8) is 0 Å². The lowest BCUT2D eigenvalue weighted by Gasteiger charge is -2.15. The highest BCUT2D eigenvalue weighted by atomic mass is 16.5. The second-order valence-corrected chi connectivity index (χ2v) is 5.02. The first-order chi connectivity index (χ1) is 9.31. The number of para-hydroxylation sites is 1. The molecule has 1 aliphatic rings. The lowest BCUT2D eigenvalue weighted by atomic mass is 10.1. The number of benzene rings is 1. The summed E-state index contributed by atoms with van der Waals surface area (Å²) in [4.78, 5) is 14.3. The normalized spacial score (nSPS) is 15.6. The van der Waals surface area contributed by atoms with E-state index in [0.29, 0.717) is 18.6 Å². The Kier molecular flexibility index (Phi) is 5.40. The molecule has 3 heteroatoms. The first-order valence-corrected chi connectivity index (χ1v) is 7.28. The van der Waals surface area contributed by atoms with Gasteiger partial charge in [0.1, 0.15) is 5.75 Å². The van der Waals surface area contributed by atoms with Crippen LogP contribution in [0.3, 0.4) is 0 Å². The topological polar surface area (TPSA) is 29.5 Å². The number of likely N-dealkylation sites (tertiary alicyclic amines) is 1. The van der Waals surface area contributed by atoms with Gasteiger partial charge < -0.3 is 9.64 Å². The highest BCUT2D eigenvalue weighted by Crippen LogP contribution is 2.19. The van der Waals surface area contributed by atoms with E-state index in [4.69, 9.17) is 4.74 Å². The maximum absolute atomic E-state index is 11.8. The van der Waals surface area contributed by atoms with Crippen LogP contribution in [0.15, 0.2) is 24.3 Å². The summed E-state index contributed by atoms with van der Waals surface area (Å²) in [6.45, 7) is 6.12. The van der Waals surface area contributed by atoms with Crippen LogP contribution in [0.25, 0.3) is 0 Å². The van der Waals surface area contributed by atoms with Gasteiger partial charge in [-0.25, -0.2) is 0 Å². The number of hydrogen-bond acceptors (Lipinski definition) is 3. The average Bonchev–Trinajstić information content (AvgIpc) is 2.96. The van der Waals surface area contributed by atoms with E-state index >= 15 is 0 Å². The van der Waals surface area contributed by atoms with E-state index < -0.39 is 0 Å². The SMILES string of the molecule is CCC(=O)c1ccccc1OCCCN1CCCC1. The molecule has 0 atom stereocenters. The highest BCUT2D eigenvalue weighted by molar-refractivity contribution is 5.98. The molecular formula is C16H23NO2. The lowest BCUT2D eigenvalue weighted by Crippen LogP contribution is -2.22. The maximum atomic E-state index is 11.8. The second-order valence-electron chi connectivity index (χ2n) is 5.02. The molecule has 19 heavy (non-hydrogen) atoms. The van der Waals surface area contributed by atoms with Gasteiger partial charge in [0.2, 0.25) is 0 Å². The predicted molar refractivity (Wildman–Crippen MR) is 76.8 cm³/mol. The molecule has 0 N–H and O–H groups in total. The molecule has 1 heterocycles. The van der Waals surface area contributed by atoms with Crippen LogP contribution >= 0.6 is 0 Å². The average molecular weight is 261 g/mol. The summed E-state index contributed by atoms with van der Waals surface area (Å²) < 4.78 is 5.77. The van der Waals surface area contributed by atoms with Crippen LogP contribution in [0.4, 0.5) is 0 Å². The molecule has 0 amide bonds. The van der Waals surface area contributed by atoms with E-state index in [2.05, 4.69) is 4.90 Å². The fourth-order valence-electron chi connectivity index (χ4n) is 2.49. The smallest absolute Gasteiger partial charge is 0.166 e. The van der Waals surface area contributed by atoms with Crippen molar-refractivity contribution in [1.82, 2.24) is 4.90 Å². The van der Waals surface area contributed by atoms with E-state index in [-0.39, 0.29) is 5.78 Å². The quantitative estimate of drug-likeness (QED) is 0.558. The van der Waals surface area contributed by atoms with Crippen molar-refractivity contribution < 1.29 is 9.53 Å². The van der Waals surface area contributed by atoms with Crippen LogP contribution in [0.5, 0.6) is 5.75 Å². The second kappa shape index (κ2) is 7.29. The molecule has 0 spiro atoms. The van der Waals surface area contributed by atoms with E-state index in [9.17, 15) is 4.79 Å². The van der Waals surface area contributed by atoms with Gasteiger partial charge in [-0.3, -0.25) is 4.79 Å². The fraction of sp³-hybridized carbons (Fsp3) is 0.562. The third-order valence-electron chi connectivity index (χ3n) is 3.58. The van der Waals surface area contributed by atoms with Gasteiger partial charge in [0, 0.05) is 13.0 Å². The summed E-state index contributed by atoms with van der Waals surface area (Å²) >= 11 is 0. The Hall–Kier alpha value is -1.35. The number of hydrogen-bond donors (Lipinski definition) is 0. The van der Waals surface area contributed by atoms with Crippen LogP contribution < -0.4 is 4.74 Å². The Bertz CT molecular complexity index is 411. The van der Waals surface area contributed by atoms with Crippen LogP contribution in [-0.2, 0) is 0 Å². The first-order valence-electron chi connectivity index (χ1n) is 7.28. The monoisotopic (exact) mass is 261 g/mol. The largest absolute Gasteiger partial charge is 0.493 e. The Morgan fingerprint density at radius 1 is 1.26 bits per heavy atom. The molecule has 1 fully saturated rings. The van der Waals surface area contributed by atoms with Gasteiger partial charge >= 0.3 is 0 Å². The van der Waals surface area contributed by atoms with Gasteiger partial charge in [0.15, 0.2) is 5.78 Å². The molecule has 0 aliphatic carbocycles. The predicted octanol–water partition coefficient (Wildman–Crippen LogP) is 3.14. The summed E-state index contributed by atoms with van der Waals surface area (Å²) in [7, 11) is 0. The summed E-state index contributed by atoms with van der Waals surface area (Å²) in [6.07, 6.45) is 4.20. The lowest BCUT2D eigenvalue weighted by molar-refractivity contribution is 0.0984. The summed E-state index contributed by atoms with van der Waals surface area (Å²) in [5.74, 6) is 0.880. The third kappa shape index (κ3) is 4.06. The molecule has 1 aromatic rings. The molecule has 0 unspecified atom stereocenters.